The van der Waals surface area contributed by atoms with Gasteiger partial charge in [-0.25, -0.2) is 4.39 Å². The highest BCUT2D eigenvalue weighted by atomic mass is 32.1. The van der Waals surface area contributed by atoms with Gasteiger partial charge in [0, 0.05) is 11.5 Å². The molecular weight excluding hydrogens is 291 g/mol. The van der Waals surface area contributed by atoms with Crippen LogP contribution in [0.1, 0.15) is 34.1 Å². The Morgan fingerprint density at radius 2 is 1.95 bits per heavy atom. The number of aromatic nitrogens is 2. The summed E-state index contributed by atoms with van der Waals surface area (Å²) < 4.78 is 12.8. The Balaban J connectivity index is 1.66. The lowest BCUT2D eigenvalue weighted by Gasteiger charge is -2.19. The van der Waals surface area contributed by atoms with E-state index in [-0.39, 0.29) is 11.7 Å². The molecule has 0 bridgehead atoms. The SMILES string of the molecule is O=C(Nc1nnc(C2CCNCC2)s1)c1ccc(F)cc1. The van der Waals surface area contributed by atoms with Crippen molar-refractivity contribution >= 4 is 22.4 Å². The van der Waals surface area contributed by atoms with Crippen LogP contribution in [0.2, 0.25) is 0 Å². The van der Waals surface area contributed by atoms with E-state index in [1.54, 1.807) is 0 Å². The molecule has 5 nitrogen and oxygen atoms in total. The van der Waals surface area contributed by atoms with Crippen molar-refractivity contribution in [2.45, 2.75) is 18.8 Å². The van der Waals surface area contributed by atoms with Crippen LogP contribution in [0.3, 0.4) is 0 Å². The summed E-state index contributed by atoms with van der Waals surface area (Å²) in [5, 5.41) is 15.6. The Labute approximate surface area is 125 Å². The maximum absolute atomic E-state index is 12.8. The summed E-state index contributed by atoms with van der Waals surface area (Å²) in [4.78, 5) is 12.0. The Kier molecular flexibility index (Phi) is 4.21. The number of nitrogens with zero attached hydrogens (tertiary/aromatic N) is 2. The molecule has 1 fully saturated rings. The summed E-state index contributed by atoms with van der Waals surface area (Å²) in [7, 11) is 0. The highest BCUT2D eigenvalue weighted by molar-refractivity contribution is 7.15. The van der Waals surface area contributed by atoms with Crippen molar-refractivity contribution in [3.8, 4) is 0 Å². The average molecular weight is 306 g/mol. The predicted octanol–water partition coefficient (Wildman–Crippen LogP) is 2.40. The minimum absolute atomic E-state index is 0.303. The molecule has 1 aromatic heterocycles. The molecule has 2 heterocycles. The van der Waals surface area contributed by atoms with Crippen molar-refractivity contribution in [1.82, 2.24) is 15.5 Å². The first-order valence-electron chi connectivity index (χ1n) is 6.83. The van der Waals surface area contributed by atoms with Crippen LogP contribution in [0.4, 0.5) is 9.52 Å². The van der Waals surface area contributed by atoms with E-state index >= 15 is 0 Å². The molecule has 0 spiro atoms. The van der Waals surface area contributed by atoms with Crippen molar-refractivity contribution in [3.05, 3.63) is 40.7 Å². The van der Waals surface area contributed by atoms with Gasteiger partial charge in [-0.15, -0.1) is 10.2 Å². The Morgan fingerprint density at radius 1 is 1.24 bits per heavy atom. The number of carbonyl (C=O) groups excluding carboxylic acids is 1. The van der Waals surface area contributed by atoms with Crippen LogP contribution in [0, 0.1) is 5.82 Å². The van der Waals surface area contributed by atoms with Gasteiger partial charge in [0.25, 0.3) is 5.91 Å². The van der Waals surface area contributed by atoms with E-state index in [9.17, 15) is 9.18 Å². The molecule has 1 saturated heterocycles. The third-order valence-electron chi connectivity index (χ3n) is 3.46. The molecule has 0 aliphatic carbocycles. The fourth-order valence-corrected chi connectivity index (χ4v) is 3.20. The molecule has 0 saturated carbocycles. The molecule has 2 N–H and O–H groups in total. The number of piperidine rings is 1. The standard InChI is InChI=1S/C14H15FN4OS/c15-11-3-1-9(2-4-11)12(20)17-14-19-18-13(21-14)10-5-7-16-8-6-10/h1-4,10,16H,5-8H2,(H,17,19,20). The third kappa shape index (κ3) is 3.43. The highest BCUT2D eigenvalue weighted by Gasteiger charge is 2.20. The largest absolute Gasteiger partial charge is 0.317 e. The van der Waals surface area contributed by atoms with Gasteiger partial charge in [0.15, 0.2) is 0 Å². The zero-order valence-corrected chi connectivity index (χ0v) is 12.1. The van der Waals surface area contributed by atoms with Crippen LogP contribution in [-0.2, 0) is 0 Å². The number of hydrogen-bond donors (Lipinski definition) is 2. The van der Waals surface area contributed by atoms with Crippen LogP contribution in [-0.4, -0.2) is 29.2 Å². The maximum atomic E-state index is 12.8. The maximum Gasteiger partial charge on any atom is 0.257 e. The van der Waals surface area contributed by atoms with Gasteiger partial charge in [0.05, 0.1) is 0 Å². The number of amides is 1. The van der Waals surface area contributed by atoms with Crippen LogP contribution < -0.4 is 10.6 Å². The van der Waals surface area contributed by atoms with Crippen LogP contribution in [0.25, 0.3) is 0 Å². The van der Waals surface area contributed by atoms with E-state index in [0.717, 1.165) is 30.9 Å². The quantitative estimate of drug-likeness (QED) is 0.914. The number of anilines is 1. The fraction of sp³-hybridized carbons (Fsp3) is 0.357. The molecule has 1 aromatic carbocycles. The summed E-state index contributed by atoms with van der Waals surface area (Å²) in [6.07, 6.45) is 2.08. The fourth-order valence-electron chi connectivity index (χ4n) is 2.29. The second-order valence-corrected chi connectivity index (χ2v) is 5.94. The first kappa shape index (κ1) is 14.1. The highest BCUT2D eigenvalue weighted by Crippen LogP contribution is 2.29. The van der Waals surface area contributed by atoms with E-state index in [4.69, 9.17) is 0 Å². The first-order chi connectivity index (χ1) is 10.2. The summed E-state index contributed by atoms with van der Waals surface area (Å²) in [6.45, 7) is 1.98. The number of benzene rings is 1. The van der Waals surface area contributed by atoms with Gasteiger partial charge in [0.2, 0.25) is 5.13 Å². The van der Waals surface area contributed by atoms with Gasteiger partial charge in [-0.3, -0.25) is 10.1 Å². The van der Waals surface area contributed by atoms with Crippen LogP contribution in [0.15, 0.2) is 24.3 Å². The summed E-state index contributed by atoms with van der Waals surface area (Å²) in [5.41, 5.74) is 0.398. The Hall–Kier alpha value is -1.86. The topological polar surface area (TPSA) is 66.9 Å². The summed E-state index contributed by atoms with van der Waals surface area (Å²) in [6, 6.07) is 5.41. The van der Waals surface area contributed by atoms with Gasteiger partial charge in [-0.1, -0.05) is 11.3 Å². The van der Waals surface area contributed by atoms with Crippen molar-refractivity contribution < 1.29 is 9.18 Å². The second kappa shape index (κ2) is 6.28. The van der Waals surface area contributed by atoms with Gasteiger partial charge < -0.3 is 5.32 Å². The normalized spacial score (nSPS) is 15.9. The molecule has 0 radical (unpaired) electrons. The van der Waals surface area contributed by atoms with Gasteiger partial charge in [-0.2, -0.15) is 0 Å². The average Bonchev–Trinajstić information content (AvgIpc) is 2.97. The predicted molar refractivity (Wildman–Crippen MR) is 79.1 cm³/mol. The minimum Gasteiger partial charge on any atom is -0.317 e. The van der Waals surface area contributed by atoms with Crippen LogP contribution >= 0.6 is 11.3 Å². The minimum atomic E-state index is -0.365. The van der Waals surface area contributed by atoms with E-state index in [0.29, 0.717) is 16.6 Å². The molecule has 0 unspecified atom stereocenters. The van der Waals surface area contributed by atoms with E-state index in [1.165, 1.54) is 35.6 Å². The van der Waals surface area contributed by atoms with E-state index in [2.05, 4.69) is 20.8 Å². The lowest BCUT2D eigenvalue weighted by molar-refractivity contribution is 0.102. The first-order valence-corrected chi connectivity index (χ1v) is 7.65. The number of halogens is 1. The molecule has 1 aliphatic heterocycles. The second-order valence-electron chi connectivity index (χ2n) is 4.93. The van der Waals surface area contributed by atoms with E-state index in [1.807, 2.05) is 0 Å². The summed E-state index contributed by atoms with van der Waals surface area (Å²) in [5.74, 6) is -0.251. The van der Waals surface area contributed by atoms with Gasteiger partial charge in [0.1, 0.15) is 10.8 Å². The number of carbonyl (C=O) groups is 1. The molecule has 1 aliphatic rings. The number of nitrogens with one attached hydrogen (secondary N) is 2. The van der Waals surface area contributed by atoms with Crippen molar-refractivity contribution in [1.29, 1.82) is 0 Å². The molecule has 0 atom stereocenters. The van der Waals surface area contributed by atoms with Gasteiger partial charge in [-0.05, 0) is 50.2 Å². The zero-order chi connectivity index (χ0) is 14.7. The third-order valence-corrected chi connectivity index (χ3v) is 4.46. The molecule has 1 amide bonds. The molecule has 110 valence electrons. The van der Waals surface area contributed by atoms with Crippen molar-refractivity contribution in [2.75, 3.05) is 18.4 Å². The summed E-state index contributed by atoms with van der Waals surface area (Å²) >= 11 is 1.41. The lowest BCUT2D eigenvalue weighted by Crippen LogP contribution is -2.26. The Morgan fingerprint density at radius 3 is 2.67 bits per heavy atom. The molecule has 2 aromatic rings. The number of rotatable bonds is 3. The molecule has 3 rings (SSSR count). The van der Waals surface area contributed by atoms with Gasteiger partial charge >= 0.3 is 0 Å². The lowest BCUT2D eigenvalue weighted by atomic mass is 9.99. The van der Waals surface area contributed by atoms with Crippen molar-refractivity contribution in [2.24, 2.45) is 0 Å². The van der Waals surface area contributed by atoms with Crippen molar-refractivity contribution in [3.63, 3.8) is 0 Å². The zero-order valence-electron chi connectivity index (χ0n) is 11.3. The molecule has 21 heavy (non-hydrogen) atoms. The monoisotopic (exact) mass is 306 g/mol. The number of hydrogen-bond acceptors (Lipinski definition) is 5. The van der Waals surface area contributed by atoms with E-state index < -0.39 is 0 Å². The molecular formula is C14H15FN4OS. The smallest absolute Gasteiger partial charge is 0.257 e. The Bertz CT molecular complexity index is 622. The van der Waals surface area contributed by atoms with Crippen LogP contribution in [0.5, 0.6) is 0 Å². The molecule has 7 heteroatoms.